The summed E-state index contributed by atoms with van der Waals surface area (Å²) in [6.45, 7) is 5.24. The Morgan fingerprint density at radius 3 is 2.49 bits per heavy atom. The van der Waals surface area contributed by atoms with E-state index in [1.165, 1.54) is 43.9 Å². The van der Waals surface area contributed by atoms with E-state index in [0.717, 1.165) is 0 Å². The van der Waals surface area contributed by atoms with Gasteiger partial charge < -0.3 is 23.9 Å². The van der Waals surface area contributed by atoms with Gasteiger partial charge in [-0.15, -0.1) is 0 Å². The van der Waals surface area contributed by atoms with Crippen molar-refractivity contribution >= 4 is 33.5 Å². The zero-order valence-corrected chi connectivity index (χ0v) is 22.4. The Balaban J connectivity index is 1.97. The van der Waals surface area contributed by atoms with Gasteiger partial charge in [-0.1, -0.05) is 29.8 Å². The molecule has 11 heteroatoms. The van der Waals surface area contributed by atoms with Crippen molar-refractivity contribution in [3.63, 3.8) is 0 Å². The molecule has 0 atom stereocenters. The summed E-state index contributed by atoms with van der Waals surface area (Å²) in [6.07, 6.45) is 2.30. The lowest BCUT2D eigenvalue weighted by Crippen LogP contribution is -2.34. The third-order valence-electron chi connectivity index (χ3n) is 4.98. The van der Waals surface area contributed by atoms with Crippen LogP contribution in [0.3, 0.4) is 0 Å². The fourth-order valence-electron chi connectivity index (χ4n) is 3.43. The smallest absolute Gasteiger partial charge is 0.407 e. The van der Waals surface area contributed by atoms with Crippen molar-refractivity contribution in [1.29, 1.82) is 0 Å². The number of benzene rings is 2. The van der Waals surface area contributed by atoms with E-state index < -0.39 is 33.3 Å². The van der Waals surface area contributed by atoms with Crippen LogP contribution in [0.4, 0.5) is 4.79 Å². The Morgan fingerprint density at radius 1 is 1.11 bits per heavy atom. The van der Waals surface area contributed by atoms with Gasteiger partial charge in [0.05, 0.1) is 36.8 Å². The van der Waals surface area contributed by atoms with E-state index in [0.29, 0.717) is 11.1 Å². The SMILES string of the molecule is COC(=O)c1c(CS(=O)(=O)c2cccc(Cl)c2)ccc(-c2ccoc2)c1OCCNC(=O)OC(C)(C)C. The number of nitrogens with one attached hydrogen (secondary N) is 1. The van der Waals surface area contributed by atoms with Crippen molar-refractivity contribution in [3.8, 4) is 16.9 Å². The van der Waals surface area contributed by atoms with Gasteiger partial charge in [0.25, 0.3) is 0 Å². The number of rotatable bonds is 9. The largest absolute Gasteiger partial charge is 0.490 e. The lowest BCUT2D eigenvalue weighted by molar-refractivity contribution is 0.0516. The first kappa shape index (κ1) is 28.1. The molecule has 1 amide bonds. The molecule has 1 aromatic heterocycles. The van der Waals surface area contributed by atoms with E-state index in [4.69, 9.17) is 30.2 Å². The molecule has 2 aromatic carbocycles. The van der Waals surface area contributed by atoms with Crippen molar-refractivity contribution in [3.05, 3.63) is 71.1 Å². The molecular formula is C26H28ClNO8S. The zero-order chi connectivity index (χ0) is 27.2. The van der Waals surface area contributed by atoms with Crippen LogP contribution in [-0.4, -0.2) is 46.3 Å². The van der Waals surface area contributed by atoms with Crippen molar-refractivity contribution in [1.82, 2.24) is 5.32 Å². The van der Waals surface area contributed by atoms with E-state index in [2.05, 4.69) is 5.32 Å². The van der Waals surface area contributed by atoms with E-state index in [9.17, 15) is 18.0 Å². The summed E-state index contributed by atoms with van der Waals surface area (Å²) >= 11 is 5.98. The first-order chi connectivity index (χ1) is 17.4. The molecule has 0 saturated heterocycles. The predicted octanol–water partition coefficient (Wildman–Crippen LogP) is 5.26. The highest BCUT2D eigenvalue weighted by atomic mass is 35.5. The molecule has 1 heterocycles. The molecule has 0 spiro atoms. The third-order valence-corrected chi connectivity index (χ3v) is 6.88. The number of alkyl carbamates (subject to hydrolysis) is 1. The summed E-state index contributed by atoms with van der Waals surface area (Å²) in [7, 11) is -2.69. The average Bonchev–Trinajstić information content (AvgIpc) is 3.35. The Bertz CT molecular complexity index is 1360. The Hall–Kier alpha value is -3.50. The summed E-state index contributed by atoms with van der Waals surface area (Å²) in [4.78, 5) is 24.9. The van der Waals surface area contributed by atoms with Gasteiger partial charge in [-0.3, -0.25) is 0 Å². The highest BCUT2D eigenvalue weighted by molar-refractivity contribution is 7.90. The normalized spacial score (nSPS) is 11.6. The van der Waals surface area contributed by atoms with Crippen LogP contribution in [0.25, 0.3) is 11.1 Å². The van der Waals surface area contributed by atoms with Crippen LogP contribution in [0.5, 0.6) is 5.75 Å². The van der Waals surface area contributed by atoms with Crippen LogP contribution in [0.15, 0.2) is 64.3 Å². The molecule has 0 aliphatic carbocycles. The van der Waals surface area contributed by atoms with Crippen LogP contribution in [-0.2, 0) is 25.1 Å². The minimum atomic E-state index is -3.88. The van der Waals surface area contributed by atoms with Gasteiger partial charge in [0.15, 0.2) is 9.84 Å². The van der Waals surface area contributed by atoms with E-state index >= 15 is 0 Å². The second-order valence-corrected chi connectivity index (χ2v) is 11.4. The molecule has 0 saturated carbocycles. The fourth-order valence-corrected chi connectivity index (χ4v) is 5.10. The van der Waals surface area contributed by atoms with Crippen molar-refractivity contribution < 1.29 is 36.6 Å². The number of halogens is 1. The summed E-state index contributed by atoms with van der Waals surface area (Å²) in [6, 6.07) is 10.7. The third kappa shape index (κ3) is 7.50. The topological polar surface area (TPSA) is 121 Å². The number of carbonyl (C=O) groups excluding carboxylic acids is 2. The Kier molecular flexibility index (Phi) is 8.88. The first-order valence-corrected chi connectivity index (χ1v) is 13.3. The molecular weight excluding hydrogens is 522 g/mol. The zero-order valence-electron chi connectivity index (χ0n) is 20.9. The minimum Gasteiger partial charge on any atom is -0.490 e. The maximum atomic E-state index is 13.2. The van der Waals surface area contributed by atoms with E-state index in [1.54, 1.807) is 39.0 Å². The number of carbonyl (C=O) groups is 2. The van der Waals surface area contributed by atoms with Gasteiger partial charge >= 0.3 is 12.1 Å². The van der Waals surface area contributed by atoms with Crippen LogP contribution in [0.2, 0.25) is 5.02 Å². The average molecular weight is 550 g/mol. The monoisotopic (exact) mass is 549 g/mol. The van der Waals surface area contributed by atoms with Crippen LogP contribution >= 0.6 is 11.6 Å². The fraction of sp³-hybridized carbons (Fsp3) is 0.308. The van der Waals surface area contributed by atoms with Crippen molar-refractivity contribution in [2.45, 2.75) is 37.0 Å². The second kappa shape index (κ2) is 11.7. The number of methoxy groups -OCH3 is 1. The van der Waals surface area contributed by atoms with Gasteiger partial charge in [-0.25, -0.2) is 18.0 Å². The Morgan fingerprint density at radius 2 is 1.86 bits per heavy atom. The van der Waals surface area contributed by atoms with Gasteiger partial charge in [0, 0.05) is 16.1 Å². The summed E-state index contributed by atoms with van der Waals surface area (Å²) in [5.41, 5.74) is 0.540. The Labute approximate surface area is 220 Å². The lowest BCUT2D eigenvalue weighted by Gasteiger charge is -2.20. The highest BCUT2D eigenvalue weighted by Gasteiger charge is 2.27. The van der Waals surface area contributed by atoms with Crippen molar-refractivity contribution in [2.75, 3.05) is 20.3 Å². The summed E-state index contributed by atoms with van der Waals surface area (Å²) in [5.74, 6) is -1.19. The molecule has 37 heavy (non-hydrogen) atoms. The molecule has 0 aliphatic rings. The number of hydrogen-bond acceptors (Lipinski definition) is 8. The van der Waals surface area contributed by atoms with Gasteiger partial charge in [-0.2, -0.15) is 0 Å². The number of sulfone groups is 1. The van der Waals surface area contributed by atoms with E-state index in [1.807, 2.05) is 0 Å². The minimum absolute atomic E-state index is 0.0127. The quantitative estimate of drug-likeness (QED) is 0.283. The molecule has 0 radical (unpaired) electrons. The molecule has 0 unspecified atom stereocenters. The number of esters is 1. The highest BCUT2D eigenvalue weighted by Crippen LogP contribution is 2.37. The summed E-state index contributed by atoms with van der Waals surface area (Å²) < 4.78 is 47.6. The van der Waals surface area contributed by atoms with Gasteiger partial charge in [0.2, 0.25) is 0 Å². The number of hydrogen-bond donors (Lipinski definition) is 1. The maximum Gasteiger partial charge on any atom is 0.407 e. The molecule has 1 N–H and O–H groups in total. The predicted molar refractivity (Wildman–Crippen MR) is 138 cm³/mol. The standard InChI is InChI=1S/C26H28ClNO8S/c1-26(2,3)36-25(30)28-11-13-35-23-21(17-10-12-34-15-17)9-8-18(22(23)24(29)33-4)16-37(31,32)20-7-5-6-19(27)14-20/h5-10,12,14-15H,11,13,16H2,1-4H3,(H,28,30). The molecule has 3 rings (SSSR count). The maximum absolute atomic E-state index is 13.2. The lowest BCUT2D eigenvalue weighted by atomic mass is 9.99. The molecule has 198 valence electrons. The summed E-state index contributed by atoms with van der Waals surface area (Å²) in [5, 5.41) is 2.85. The van der Waals surface area contributed by atoms with Crippen LogP contribution in [0, 0.1) is 0 Å². The van der Waals surface area contributed by atoms with E-state index in [-0.39, 0.29) is 39.9 Å². The van der Waals surface area contributed by atoms with Gasteiger partial charge in [0.1, 0.15) is 23.5 Å². The van der Waals surface area contributed by atoms with Gasteiger partial charge in [-0.05, 0) is 50.6 Å². The van der Waals surface area contributed by atoms with Crippen molar-refractivity contribution in [2.24, 2.45) is 0 Å². The number of amides is 1. The number of furan rings is 1. The molecule has 0 aliphatic heterocycles. The second-order valence-electron chi connectivity index (χ2n) is 8.97. The molecule has 9 nitrogen and oxygen atoms in total. The van der Waals surface area contributed by atoms with Crippen LogP contribution in [0.1, 0.15) is 36.7 Å². The molecule has 0 fully saturated rings. The van der Waals surface area contributed by atoms with Crippen LogP contribution < -0.4 is 10.1 Å². The molecule has 3 aromatic rings. The number of ether oxygens (including phenoxy) is 3. The molecule has 0 bridgehead atoms. The first-order valence-electron chi connectivity index (χ1n) is 11.3.